The fourth-order valence-corrected chi connectivity index (χ4v) is 2.07. The Morgan fingerprint density at radius 2 is 2.27 bits per heavy atom. The first-order valence-corrected chi connectivity index (χ1v) is 5.39. The van der Waals surface area contributed by atoms with Gasteiger partial charge in [0.15, 0.2) is 0 Å². The molecule has 2 N–H and O–H groups in total. The van der Waals surface area contributed by atoms with E-state index in [1.54, 1.807) is 7.11 Å². The van der Waals surface area contributed by atoms with Crippen LogP contribution in [-0.4, -0.2) is 20.2 Å². The van der Waals surface area contributed by atoms with Crippen molar-refractivity contribution in [3.8, 4) is 5.75 Å². The normalized spacial score (nSPS) is 20.7. The number of nitrogen functional groups attached to an aromatic ring is 1. The van der Waals surface area contributed by atoms with Gasteiger partial charge >= 0.3 is 0 Å². The molecule has 0 aliphatic carbocycles. The topological polar surface area (TPSA) is 38.5 Å². The van der Waals surface area contributed by atoms with Gasteiger partial charge in [0.2, 0.25) is 0 Å². The average molecular weight is 206 g/mol. The minimum absolute atomic E-state index is 0.702. The van der Waals surface area contributed by atoms with Crippen LogP contribution in [0.25, 0.3) is 0 Å². The second kappa shape index (κ2) is 4.01. The second-order valence-electron chi connectivity index (χ2n) is 4.27. The van der Waals surface area contributed by atoms with Gasteiger partial charge in [-0.05, 0) is 24.5 Å². The monoisotopic (exact) mass is 206 g/mol. The number of ether oxygens (including phenoxy) is 1. The largest absolute Gasteiger partial charge is 0.495 e. The summed E-state index contributed by atoms with van der Waals surface area (Å²) in [7, 11) is 1.65. The highest BCUT2D eigenvalue weighted by Gasteiger charge is 2.19. The van der Waals surface area contributed by atoms with Gasteiger partial charge in [0.05, 0.1) is 12.8 Å². The maximum Gasteiger partial charge on any atom is 0.143 e. The van der Waals surface area contributed by atoms with Crippen LogP contribution in [0.5, 0.6) is 5.75 Å². The first-order valence-electron chi connectivity index (χ1n) is 5.39. The van der Waals surface area contributed by atoms with Crippen LogP contribution in [0.3, 0.4) is 0 Å². The van der Waals surface area contributed by atoms with Crippen molar-refractivity contribution in [3.63, 3.8) is 0 Å². The standard InChI is InChI=1S/C12H18N2O/c1-9-5-6-14(8-9)10-3-4-11(13)12(7-10)15-2/h3-4,7,9H,5-6,8,13H2,1-2H3. The highest BCUT2D eigenvalue weighted by molar-refractivity contribution is 5.62. The quantitative estimate of drug-likeness (QED) is 0.753. The summed E-state index contributed by atoms with van der Waals surface area (Å²) < 4.78 is 5.22. The van der Waals surface area contributed by atoms with Crippen LogP contribution in [0.4, 0.5) is 11.4 Å². The molecule has 1 fully saturated rings. The van der Waals surface area contributed by atoms with Crippen LogP contribution in [0.1, 0.15) is 13.3 Å². The van der Waals surface area contributed by atoms with E-state index in [0.29, 0.717) is 5.69 Å². The maximum absolute atomic E-state index is 5.78. The highest BCUT2D eigenvalue weighted by atomic mass is 16.5. The molecule has 15 heavy (non-hydrogen) atoms. The fourth-order valence-electron chi connectivity index (χ4n) is 2.07. The number of anilines is 2. The van der Waals surface area contributed by atoms with Gasteiger partial charge in [-0.2, -0.15) is 0 Å². The van der Waals surface area contributed by atoms with E-state index < -0.39 is 0 Å². The van der Waals surface area contributed by atoms with E-state index in [2.05, 4.69) is 17.9 Å². The fraction of sp³-hybridized carbons (Fsp3) is 0.500. The van der Waals surface area contributed by atoms with Crippen LogP contribution in [-0.2, 0) is 0 Å². The molecule has 1 aliphatic heterocycles. The van der Waals surface area contributed by atoms with Gasteiger partial charge in [0.25, 0.3) is 0 Å². The number of rotatable bonds is 2. The minimum Gasteiger partial charge on any atom is -0.495 e. The zero-order valence-electron chi connectivity index (χ0n) is 9.36. The Bertz CT molecular complexity index is 351. The number of benzene rings is 1. The Morgan fingerprint density at radius 1 is 1.47 bits per heavy atom. The Hall–Kier alpha value is -1.38. The molecule has 1 heterocycles. The first-order chi connectivity index (χ1) is 7.20. The van der Waals surface area contributed by atoms with Gasteiger partial charge in [-0.15, -0.1) is 0 Å². The lowest BCUT2D eigenvalue weighted by atomic mass is 10.2. The third-order valence-corrected chi connectivity index (χ3v) is 3.01. The van der Waals surface area contributed by atoms with Gasteiger partial charge in [0, 0.05) is 24.8 Å². The Labute approximate surface area is 90.8 Å². The third kappa shape index (κ3) is 2.01. The summed E-state index contributed by atoms with van der Waals surface area (Å²) in [6, 6.07) is 6.00. The maximum atomic E-state index is 5.78. The zero-order chi connectivity index (χ0) is 10.8. The molecule has 0 spiro atoms. The lowest BCUT2D eigenvalue weighted by Gasteiger charge is -2.19. The molecular formula is C12H18N2O. The molecule has 0 aromatic heterocycles. The van der Waals surface area contributed by atoms with Crippen LogP contribution in [0.15, 0.2) is 18.2 Å². The summed E-state index contributed by atoms with van der Waals surface area (Å²) >= 11 is 0. The molecule has 0 bridgehead atoms. The van der Waals surface area contributed by atoms with E-state index in [1.165, 1.54) is 12.1 Å². The summed E-state index contributed by atoms with van der Waals surface area (Å²) in [6.45, 7) is 4.55. The number of methoxy groups -OCH3 is 1. The molecular weight excluding hydrogens is 188 g/mol. The smallest absolute Gasteiger partial charge is 0.143 e. The van der Waals surface area contributed by atoms with Crippen LogP contribution in [0, 0.1) is 5.92 Å². The molecule has 1 aromatic carbocycles. The molecule has 1 unspecified atom stereocenters. The van der Waals surface area contributed by atoms with Gasteiger partial charge in [-0.3, -0.25) is 0 Å². The van der Waals surface area contributed by atoms with Crippen molar-refractivity contribution in [2.45, 2.75) is 13.3 Å². The molecule has 0 radical (unpaired) electrons. The van der Waals surface area contributed by atoms with Crippen molar-refractivity contribution in [2.75, 3.05) is 30.8 Å². The molecule has 0 amide bonds. The zero-order valence-corrected chi connectivity index (χ0v) is 9.36. The summed E-state index contributed by atoms with van der Waals surface area (Å²) in [5.41, 5.74) is 7.70. The third-order valence-electron chi connectivity index (χ3n) is 3.01. The molecule has 1 aromatic rings. The molecule has 1 aliphatic rings. The SMILES string of the molecule is COc1cc(N2CCC(C)C2)ccc1N. The molecule has 1 atom stereocenters. The predicted molar refractivity (Wildman–Crippen MR) is 63.4 cm³/mol. The van der Waals surface area contributed by atoms with Crippen LogP contribution >= 0.6 is 0 Å². The molecule has 3 heteroatoms. The minimum atomic E-state index is 0.702. The number of nitrogens with zero attached hydrogens (tertiary/aromatic N) is 1. The predicted octanol–water partition coefficient (Wildman–Crippen LogP) is 2.12. The van der Waals surface area contributed by atoms with Crippen molar-refractivity contribution >= 4 is 11.4 Å². The molecule has 1 saturated heterocycles. The molecule has 3 nitrogen and oxygen atoms in total. The van der Waals surface area contributed by atoms with Gasteiger partial charge in [-0.25, -0.2) is 0 Å². The highest BCUT2D eigenvalue weighted by Crippen LogP contribution is 2.30. The lowest BCUT2D eigenvalue weighted by Crippen LogP contribution is -2.18. The van der Waals surface area contributed by atoms with E-state index in [1.807, 2.05) is 12.1 Å². The summed E-state index contributed by atoms with van der Waals surface area (Å²) in [6.07, 6.45) is 1.27. The number of hydrogen-bond donors (Lipinski definition) is 1. The van der Waals surface area contributed by atoms with E-state index in [4.69, 9.17) is 10.5 Å². The van der Waals surface area contributed by atoms with Crippen molar-refractivity contribution in [2.24, 2.45) is 5.92 Å². The van der Waals surface area contributed by atoms with Crippen molar-refractivity contribution < 1.29 is 4.74 Å². The molecule has 82 valence electrons. The van der Waals surface area contributed by atoms with E-state index in [0.717, 1.165) is 24.8 Å². The van der Waals surface area contributed by atoms with E-state index in [9.17, 15) is 0 Å². The van der Waals surface area contributed by atoms with Crippen molar-refractivity contribution in [1.82, 2.24) is 0 Å². The number of nitrogens with two attached hydrogens (primary N) is 1. The number of hydrogen-bond acceptors (Lipinski definition) is 3. The molecule has 2 rings (SSSR count). The van der Waals surface area contributed by atoms with Crippen LogP contribution in [0.2, 0.25) is 0 Å². The Balaban J connectivity index is 2.21. The van der Waals surface area contributed by atoms with E-state index in [-0.39, 0.29) is 0 Å². The van der Waals surface area contributed by atoms with Crippen molar-refractivity contribution in [3.05, 3.63) is 18.2 Å². The molecule has 0 saturated carbocycles. The Morgan fingerprint density at radius 3 is 2.87 bits per heavy atom. The lowest BCUT2D eigenvalue weighted by molar-refractivity contribution is 0.417. The summed E-state index contributed by atoms with van der Waals surface area (Å²) in [5.74, 6) is 1.56. The second-order valence-corrected chi connectivity index (χ2v) is 4.27. The van der Waals surface area contributed by atoms with Crippen LogP contribution < -0.4 is 15.4 Å². The first kappa shape index (κ1) is 10.1. The summed E-state index contributed by atoms with van der Waals surface area (Å²) in [4.78, 5) is 2.38. The average Bonchev–Trinajstić information content (AvgIpc) is 2.66. The van der Waals surface area contributed by atoms with E-state index >= 15 is 0 Å². The van der Waals surface area contributed by atoms with Crippen molar-refractivity contribution in [1.29, 1.82) is 0 Å². The van der Waals surface area contributed by atoms with Gasteiger partial charge < -0.3 is 15.4 Å². The van der Waals surface area contributed by atoms with Gasteiger partial charge in [0.1, 0.15) is 5.75 Å². The summed E-state index contributed by atoms with van der Waals surface area (Å²) in [5, 5.41) is 0. The van der Waals surface area contributed by atoms with Gasteiger partial charge in [-0.1, -0.05) is 6.92 Å². The Kier molecular flexibility index (Phi) is 2.71.